The molecular weight excluding hydrogens is 294 g/mol. The molecule has 1 atom stereocenters. The molecular formula is C13H22ClN5O2. The molecule has 0 spiro atoms. The molecule has 2 rings (SSSR count). The number of hydrogen-bond donors (Lipinski definition) is 3. The lowest BCUT2D eigenvalue weighted by atomic mass is 10.1. The normalized spacial score (nSPS) is 15.2. The predicted molar refractivity (Wildman–Crippen MR) is 82.1 cm³/mol. The van der Waals surface area contributed by atoms with Crippen LogP contribution in [0.5, 0.6) is 0 Å². The summed E-state index contributed by atoms with van der Waals surface area (Å²) in [4.78, 5) is 23.4. The quantitative estimate of drug-likeness (QED) is 0.711. The molecule has 0 aliphatic heterocycles. The molecule has 7 nitrogen and oxygen atoms in total. The summed E-state index contributed by atoms with van der Waals surface area (Å²) in [5.41, 5.74) is 6.30. The number of nitrogens with two attached hydrogens (primary N) is 1. The molecule has 0 unspecified atom stereocenters. The summed E-state index contributed by atoms with van der Waals surface area (Å²) in [7, 11) is 0. The van der Waals surface area contributed by atoms with Crippen LogP contribution in [-0.4, -0.2) is 33.7 Å². The average molecular weight is 316 g/mol. The molecule has 1 heterocycles. The smallest absolute Gasteiger partial charge is 0.241 e. The Hall–Kier alpha value is -1.60. The topological polar surface area (TPSA) is 102 Å². The third-order valence-electron chi connectivity index (χ3n) is 3.17. The van der Waals surface area contributed by atoms with E-state index in [1.807, 2.05) is 13.8 Å². The fourth-order valence-corrected chi connectivity index (χ4v) is 1.69. The van der Waals surface area contributed by atoms with Gasteiger partial charge in [0.15, 0.2) is 0 Å². The number of nitrogens with one attached hydrogen (secondary N) is 2. The third-order valence-corrected chi connectivity index (χ3v) is 3.17. The number of nitrogens with zero attached hydrogens (tertiary/aromatic N) is 2. The Morgan fingerprint density at radius 2 is 2.14 bits per heavy atom. The van der Waals surface area contributed by atoms with Crippen molar-refractivity contribution in [1.82, 2.24) is 15.1 Å². The molecule has 8 heteroatoms. The van der Waals surface area contributed by atoms with E-state index >= 15 is 0 Å². The van der Waals surface area contributed by atoms with Gasteiger partial charge in [0, 0.05) is 12.2 Å². The van der Waals surface area contributed by atoms with Gasteiger partial charge in [-0.3, -0.25) is 14.3 Å². The Kier molecular flexibility index (Phi) is 6.17. The highest BCUT2D eigenvalue weighted by atomic mass is 35.5. The Bertz CT molecular complexity index is 499. The van der Waals surface area contributed by atoms with Crippen molar-refractivity contribution in [3.63, 3.8) is 0 Å². The SMILES string of the molecule is CC(C)[C@H](N)C(=O)Nc1cnn(CC(=O)NC2CC2)c1.Cl. The van der Waals surface area contributed by atoms with Crippen LogP contribution in [0.1, 0.15) is 26.7 Å². The summed E-state index contributed by atoms with van der Waals surface area (Å²) in [6, 6.07) is -0.224. The van der Waals surface area contributed by atoms with Crippen LogP contribution in [0.3, 0.4) is 0 Å². The van der Waals surface area contributed by atoms with Crippen molar-refractivity contribution in [1.29, 1.82) is 0 Å². The lowest BCUT2D eigenvalue weighted by molar-refractivity contribution is -0.122. The first kappa shape index (κ1) is 17.5. The second-order valence-electron chi connectivity index (χ2n) is 5.53. The standard InChI is InChI=1S/C13H21N5O2.ClH/c1-8(2)12(14)13(20)17-10-5-15-18(6-10)7-11(19)16-9-3-4-9;/h5-6,8-9,12H,3-4,7,14H2,1-2H3,(H,16,19)(H,17,20);1H/t12-;/m0./s1. The van der Waals surface area contributed by atoms with Gasteiger partial charge in [-0.25, -0.2) is 0 Å². The number of anilines is 1. The monoisotopic (exact) mass is 315 g/mol. The molecule has 1 saturated carbocycles. The lowest BCUT2D eigenvalue weighted by Gasteiger charge is -2.14. The van der Waals surface area contributed by atoms with Crippen LogP contribution in [0.2, 0.25) is 0 Å². The van der Waals surface area contributed by atoms with Crippen LogP contribution >= 0.6 is 12.4 Å². The van der Waals surface area contributed by atoms with Crippen molar-refractivity contribution < 1.29 is 9.59 Å². The van der Waals surface area contributed by atoms with E-state index in [0.717, 1.165) is 12.8 Å². The lowest BCUT2D eigenvalue weighted by Crippen LogP contribution is -2.39. The van der Waals surface area contributed by atoms with Crippen LogP contribution in [0.15, 0.2) is 12.4 Å². The maximum atomic E-state index is 11.8. The second kappa shape index (κ2) is 7.42. The molecule has 1 aromatic rings. The Balaban J connectivity index is 0.00000220. The maximum absolute atomic E-state index is 11.8. The molecule has 21 heavy (non-hydrogen) atoms. The molecule has 118 valence electrons. The molecule has 0 bridgehead atoms. The van der Waals surface area contributed by atoms with Crippen LogP contribution in [-0.2, 0) is 16.1 Å². The highest BCUT2D eigenvalue weighted by molar-refractivity contribution is 5.94. The molecule has 0 aromatic carbocycles. The summed E-state index contributed by atoms with van der Waals surface area (Å²) < 4.78 is 1.49. The Labute approximate surface area is 130 Å². The molecule has 4 N–H and O–H groups in total. The molecule has 1 aromatic heterocycles. The van der Waals surface area contributed by atoms with Gasteiger partial charge in [0.2, 0.25) is 11.8 Å². The fourth-order valence-electron chi connectivity index (χ4n) is 1.69. The highest BCUT2D eigenvalue weighted by Crippen LogP contribution is 2.18. The molecule has 1 fully saturated rings. The van der Waals surface area contributed by atoms with E-state index in [9.17, 15) is 9.59 Å². The van der Waals surface area contributed by atoms with Crippen LogP contribution < -0.4 is 16.4 Å². The molecule has 1 aliphatic carbocycles. The fraction of sp³-hybridized carbons (Fsp3) is 0.615. The average Bonchev–Trinajstić information content (AvgIpc) is 3.08. The van der Waals surface area contributed by atoms with E-state index in [-0.39, 0.29) is 36.7 Å². The van der Waals surface area contributed by atoms with Gasteiger partial charge in [-0.05, 0) is 18.8 Å². The minimum absolute atomic E-state index is 0. The van der Waals surface area contributed by atoms with E-state index < -0.39 is 6.04 Å². The number of hydrogen-bond acceptors (Lipinski definition) is 4. The molecule has 0 saturated heterocycles. The van der Waals surface area contributed by atoms with Gasteiger partial charge >= 0.3 is 0 Å². The summed E-state index contributed by atoms with van der Waals surface area (Å²) in [6.07, 6.45) is 5.24. The minimum Gasteiger partial charge on any atom is -0.352 e. The molecule has 0 radical (unpaired) electrons. The summed E-state index contributed by atoms with van der Waals surface area (Å²) in [5.74, 6) is -0.247. The van der Waals surface area contributed by atoms with Crippen molar-refractivity contribution in [3.05, 3.63) is 12.4 Å². The number of carbonyl (C=O) groups excluding carboxylic acids is 2. The minimum atomic E-state index is -0.559. The molecule has 1 aliphatic rings. The van der Waals surface area contributed by atoms with E-state index in [1.165, 1.54) is 10.9 Å². The largest absolute Gasteiger partial charge is 0.352 e. The van der Waals surface area contributed by atoms with Gasteiger partial charge in [-0.1, -0.05) is 13.8 Å². The maximum Gasteiger partial charge on any atom is 0.241 e. The second-order valence-corrected chi connectivity index (χ2v) is 5.53. The van der Waals surface area contributed by atoms with Crippen LogP contribution in [0.25, 0.3) is 0 Å². The van der Waals surface area contributed by atoms with E-state index in [4.69, 9.17) is 5.73 Å². The first-order valence-corrected chi connectivity index (χ1v) is 6.84. The summed E-state index contributed by atoms with van der Waals surface area (Å²) in [5, 5.41) is 9.61. The van der Waals surface area contributed by atoms with E-state index in [1.54, 1.807) is 6.20 Å². The zero-order valence-electron chi connectivity index (χ0n) is 12.2. The van der Waals surface area contributed by atoms with Crippen molar-refractivity contribution in [3.8, 4) is 0 Å². The first-order chi connectivity index (χ1) is 9.45. The number of aromatic nitrogens is 2. The number of halogens is 1. The van der Waals surface area contributed by atoms with Gasteiger partial charge in [-0.2, -0.15) is 5.10 Å². The van der Waals surface area contributed by atoms with Gasteiger partial charge in [0.1, 0.15) is 6.54 Å². The van der Waals surface area contributed by atoms with Gasteiger partial charge in [0.05, 0.1) is 17.9 Å². The Morgan fingerprint density at radius 3 is 2.71 bits per heavy atom. The van der Waals surface area contributed by atoms with Gasteiger partial charge in [0.25, 0.3) is 0 Å². The first-order valence-electron chi connectivity index (χ1n) is 6.84. The zero-order chi connectivity index (χ0) is 14.7. The number of amides is 2. The van der Waals surface area contributed by atoms with Gasteiger partial charge in [-0.15, -0.1) is 12.4 Å². The van der Waals surface area contributed by atoms with Crippen molar-refractivity contribution in [2.24, 2.45) is 11.7 Å². The van der Waals surface area contributed by atoms with Gasteiger partial charge < -0.3 is 16.4 Å². The molecule has 2 amide bonds. The van der Waals surface area contributed by atoms with Crippen molar-refractivity contribution in [2.75, 3.05) is 5.32 Å². The third kappa shape index (κ3) is 5.35. The van der Waals surface area contributed by atoms with Crippen LogP contribution in [0.4, 0.5) is 5.69 Å². The van der Waals surface area contributed by atoms with Crippen molar-refractivity contribution in [2.45, 2.75) is 45.3 Å². The van der Waals surface area contributed by atoms with Crippen molar-refractivity contribution >= 4 is 29.9 Å². The van der Waals surface area contributed by atoms with E-state index in [2.05, 4.69) is 15.7 Å². The summed E-state index contributed by atoms with van der Waals surface area (Å²) >= 11 is 0. The van der Waals surface area contributed by atoms with Crippen LogP contribution in [0, 0.1) is 5.92 Å². The highest BCUT2D eigenvalue weighted by Gasteiger charge is 2.23. The summed E-state index contributed by atoms with van der Waals surface area (Å²) in [6.45, 7) is 3.92. The predicted octanol–water partition coefficient (Wildman–Crippen LogP) is 0.505. The number of rotatable bonds is 6. The van der Waals surface area contributed by atoms with E-state index in [0.29, 0.717) is 11.7 Å². The zero-order valence-corrected chi connectivity index (χ0v) is 13.0. The number of carbonyl (C=O) groups is 2. The Morgan fingerprint density at radius 1 is 1.48 bits per heavy atom.